The summed E-state index contributed by atoms with van der Waals surface area (Å²) in [5, 5.41) is 28.0. The molecule has 0 bridgehead atoms. The SMILES string of the molecule is COc1cc2nc(Cc3ccc(N(O)O)cc3)n(-c3ccc(C(O)(C(F)(F)F)C(F)(F)F)cc3)c(=O)c2cc1OC. The van der Waals surface area contributed by atoms with Gasteiger partial charge in [-0.3, -0.25) is 19.8 Å². The van der Waals surface area contributed by atoms with Crippen molar-refractivity contribution in [3.05, 3.63) is 88.0 Å². The van der Waals surface area contributed by atoms with E-state index < -0.39 is 29.1 Å². The molecular formula is C26H21F6N3O6. The van der Waals surface area contributed by atoms with Crippen LogP contribution in [0, 0.1) is 0 Å². The zero-order chi connectivity index (χ0) is 30.3. The van der Waals surface area contributed by atoms with Crippen LogP contribution in [-0.2, 0) is 12.0 Å². The van der Waals surface area contributed by atoms with Crippen LogP contribution in [0.1, 0.15) is 17.0 Å². The number of hydrogen-bond donors (Lipinski definition) is 3. The van der Waals surface area contributed by atoms with Crippen LogP contribution in [-0.4, -0.2) is 51.6 Å². The lowest BCUT2D eigenvalue weighted by atomic mass is 9.92. The van der Waals surface area contributed by atoms with Gasteiger partial charge in [0, 0.05) is 18.1 Å². The molecule has 0 amide bonds. The van der Waals surface area contributed by atoms with Gasteiger partial charge in [0.25, 0.3) is 11.2 Å². The fourth-order valence-electron chi connectivity index (χ4n) is 4.21. The van der Waals surface area contributed by atoms with Crippen LogP contribution in [0.15, 0.2) is 65.5 Å². The predicted molar refractivity (Wildman–Crippen MR) is 132 cm³/mol. The molecule has 0 unspecified atom stereocenters. The number of halogens is 6. The van der Waals surface area contributed by atoms with E-state index in [1.165, 1.54) is 50.6 Å². The van der Waals surface area contributed by atoms with Gasteiger partial charge in [-0.05, 0) is 35.9 Å². The molecular weight excluding hydrogens is 564 g/mol. The Morgan fingerprint density at radius 1 is 0.854 bits per heavy atom. The van der Waals surface area contributed by atoms with E-state index in [2.05, 4.69) is 4.98 Å². The minimum atomic E-state index is -6.08. The summed E-state index contributed by atoms with van der Waals surface area (Å²) in [4.78, 5) is 18.2. The summed E-state index contributed by atoms with van der Waals surface area (Å²) < 4.78 is 91.7. The first-order chi connectivity index (χ1) is 19.1. The summed E-state index contributed by atoms with van der Waals surface area (Å²) in [7, 11) is 2.69. The Balaban J connectivity index is 1.93. The van der Waals surface area contributed by atoms with E-state index in [0.717, 1.165) is 16.7 Å². The summed E-state index contributed by atoms with van der Waals surface area (Å²) >= 11 is 0. The molecule has 3 aromatic carbocycles. The molecule has 41 heavy (non-hydrogen) atoms. The van der Waals surface area contributed by atoms with Crippen molar-refractivity contribution in [2.45, 2.75) is 24.4 Å². The molecule has 0 saturated heterocycles. The van der Waals surface area contributed by atoms with Crippen molar-refractivity contribution >= 4 is 16.6 Å². The van der Waals surface area contributed by atoms with Crippen LogP contribution < -0.4 is 20.3 Å². The standard InChI is InChI=1S/C26H21F6N3O6/c1-40-20-12-18-19(13-21(20)41-2)33-22(11-14-3-7-17(8-4-14)35(38)39)34(23(18)36)16-9-5-15(6-10-16)24(37,25(27,28)29)26(30,31)32/h3-10,12-13,37-39H,11H2,1-2H3. The van der Waals surface area contributed by atoms with Gasteiger partial charge in [0.05, 0.1) is 36.5 Å². The molecule has 4 aromatic rings. The Hall–Kier alpha value is -4.34. The summed E-state index contributed by atoms with van der Waals surface area (Å²) in [6.45, 7) is 0. The summed E-state index contributed by atoms with van der Waals surface area (Å²) in [6, 6.07) is 10.9. The number of anilines is 1. The number of aliphatic hydroxyl groups is 1. The molecule has 218 valence electrons. The zero-order valence-electron chi connectivity index (χ0n) is 21.2. The van der Waals surface area contributed by atoms with E-state index in [1.807, 2.05) is 0 Å². The van der Waals surface area contributed by atoms with E-state index in [4.69, 9.17) is 9.47 Å². The molecule has 9 nitrogen and oxygen atoms in total. The van der Waals surface area contributed by atoms with Gasteiger partial charge in [0.2, 0.25) is 0 Å². The molecule has 0 fully saturated rings. The Morgan fingerprint density at radius 2 is 1.39 bits per heavy atom. The first-order valence-electron chi connectivity index (χ1n) is 11.5. The quantitative estimate of drug-likeness (QED) is 0.207. The third-order valence-electron chi connectivity index (χ3n) is 6.34. The number of rotatable bonds is 7. The highest BCUT2D eigenvalue weighted by atomic mass is 19.4. The van der Waals surface area contributed by atoms with Crippen LogP contribution in [0.2, 0.25) is 0 Å². The first-order valence-corrected chi connectivity index (χ1v) is 11.5. The fraction of sp³-hybridized carbons (Fsp3) is 0.231. The molecule has 0 radical (unpaired) electrons. The van der Waals surface area contributed by atoms with Crippen LogP contribution in [0.25, 0.3) is 16.6 Å². The largest absolute Gasteiger partial charge is 0.493 e. The normalized spacial score (nSPS) is 12.5. The molecule has 15 heteroatoms. The average Bonchev–Trinajstić information content (AvgIpc) is 2.91. The van der Waals surface area contributed by atoms with Crippen LogP contribution >= 0.6 is 0 Å². The van der Waals surface area contributed by atoms with Crippen molar-refractivity contribution < 1.29 is 51.3 Å². The average molecular weight is 585 g/mol. The van der Waals surface area contributed by atoms with Gasteiger partial charge >= 0.3 is 12.4 Å². The maximum Gasteiger partial charge on any atom is 0.430 e. The maximum absolute atomic E-state index is 13.7. The smallest absolute Gasteiger partial charge is 0.430 e. The number of aromatic nitrogens is 2. The highest BCUT2D eigenvalue weighted by molar-refractivity contribution is 5.82. The van der Waals surface area contributed by atoms with Crippen LogP contribution in [0.3, 0.4) is 0 Å². The second kappa shape index (κ2) is 10.6. The number of methoxy groups -OCH3 is 2. The van der Waals surface area contributed by atoms with E-state index in [0.29, 0.717) is 17.7 Å². The minimum absolute atomic E-state index is 0.00381. The van der Waals surface area contributed by atoms with E-state index >= 15 is 0 Å². The molecule has 0 aliphatic carbocycles. The van der Waals surface area contributed by atoms with Crippen molar-refractivity contribution in [2.75, 3.05) is 19.4 Å². The second-order valence-electron chi connectivity index (χ2n) is 8.78. The third-order valence-corrected chi connectivity index (χ3v) is 6.34. The fourth-order valence-corrected chi connectivity index (χ4v) is 4.21. The number of fused-ring (bicyclic) bond motifs is 1. The number of hydrogen-bond acceptors (Lipinski definition) is 8. The molecule has 0 aliphatic heterocycles. The lowest BCUT2D eigenvalue weighted by Gasteiger charge is -2.32. The van der Waals surface area contributed by atoms with Crippen LogP contribution in [0.5, 0.6) is 11.5 Å². The van der Waals surface area contributed by atoms with Crippen molar-refractivity contribution in [3.63, 3.8) is 0 Å². The van der Waals surface area contributed by atoms with Gasteiger partial charge in [-0.15, -0.1) is 5.23 Å². The topological polar surface area (TPSA) is 117 Å². The van der Waals surface area contributed by atoms with Crippen molar-refractivity contribution in [3.8, 4) is 17.2 Å². The molecule has 0 atom stereocenters. The number of benzene rings is 3. The number of alkyl halides is 6. The molecule has 1 aromatic heterocycles. The van der Waals surface area contributed by atoms with Gasteiger partial charge in [0.1, 0.15) is 5.82 Å². The van der Waals surface area contributed by atoms with Gasteiger partial charge in [0.15, 0.2) is 11.5 Å². The summed E-state index contributed by atoms with van der Waals surface area (Å²) in [6.07, 6.45) is -12.2. The highest BCUT2D eigenvalue weighted by Gasteiger charge is 2.71. The van der Waals surface area contributed by atoms with Crippen molar-refractivity contribution in [2.24, 2.45) is 0 Å². The van der Waals surface area contributed by atoms with Crippen molar-refractivity contribution in [1.82, 2.24) is 9.55 Å². The van der Waals surface area contributed by atoms with E-state index in [1.54, 1.807) is 0 Å². The summed E-state index contributed by atoms with van der Waals surface area (Å²) in [5.74, 6) is 0.443. The van der Waals surface area contributed by atoms with Crippen LogP contribution in [0.4, 0.5) is 32.0 Å². The third kappa shape index (κ3) is 5.26. The molecule has 1 heterocycles. The van der Waals surface area contributed by atoms with Crippen molar-refractivity contribution in [1.29, 1.82) is 0 Å². The van der Waals surface area contributed by atoms with Gasteiger partial charge in [-0.2, -0.15) is 26.3 Å². The Morgan fingerprint density at radius 3 is 1.88 bits per heavy atom. The first kappa shape index (κ1) is 29.6. The highest BCUT2D eigenvalue weighted by Crippen LogP contribution is 2.50. The van der Waals surface area contributed by atoms with E-state index in [9.17, 15) is 46.7 Å². The maximum atomic E-state index is 13.7. The Kier molecular flexibility index (Phi) is 7.64. The predicted octanol–water partition coefficient (Wildman–Crippen LogP) is 4.89. The number of ether oxygens (including phenoxy) is 2. The Labute approximate surface area is 226 Å². The molecule has 0 aliphatic rings. The summed E-state index contributed by atoms with van der Waals surface area (Å²) in [5.41, 5.74) is -6.82. The molecule has 4 rings (SSSR count). The molecule has 0 saturated carbocycles. The molecule has 0 spiro atoms. The lowest BCUT2D eigenvalue weighted by molar-refractivity contribution is -0.376. The van der Waals surface area contributed by atoms with E-state index in [-0.39, 0.29) is 51.2 Å². The monoisotopic (exact) mass is 585 g/mol. The van der Waals surface area contributed by atoms with Gasteiger partial charge in [-0.25, -0.2) is 4.98 Å². The number of nitrogens with zero attached hydrogens (tertiary/aromatic N) is 3. The Bertz CT molecular complexity index is 1600. The van der Waals surface area contributed by atoms with Gasteiger partial charge in [-0.1, -0.05) is 24.3 Å². The van der Waals surface area contributed by atoms with Gasteiger partial charge < -0.3 is 14.6 Å². The lowest BCUT2D eigenvalue weighted by Crippen LogP contribution is -2.53. The molecule has 3 N–H and O–H groups in total. The minimum Gasteiger partial charge on any atom is -0.493 e. The second-order valence-corrected chi connectivity index (χ2v) is 8.78. The zero-order valence-corrected chi connectivity index (χ0v) is 21.2.